The van der Waals surface area contributed by atoms with Crippen molar-refractivity contribution in [3.8, 4) is 5.75 Å². The van der Waals surface area contributed by atoms with E-state index in [-0.39, 0.29) is 17.7 Å². The number of para-hydroxylation sites is 1. The van der Waals surface area contributed by atoms with Crippen molar-refractivity contribution in [3.05, 3.63) is 64.1 Å². The molecule has 3 aliphatic rings. The third-order valence-electron chi connectivity index (χ3n) is 7.38. The number of fused-ring (bicyclic) bond motifs is 3. The predicted molar refractivity (Wildman–Crippen MR) is 119 cm³/mol. The van der Waals surface area contributed by atoms with Gasteiger partial charge in [-0.05, 0) is 38.0 Å². The fraction of sp³-hybridized carbons (Fsp3) is 0.400. The predicted octanol–water partition coefficient (Wildman–Crippen LogP) is 4.79. The highest BCUT2D eigenvalue weighted by molar-refractivity contribution is 9.10. The molecular weight excluding hydrogens is 458 g/mol. The number of esters is 1. The van der Waals surface area contributed by atoms with Crippen molar-refractivity contribution in [3.63, 3.8) is 0 Å². The van der Waals surface area contributed by atoms with Crippen molar-refractivity contribution in [1.82, 2.24) is 5.32 Å². The Hall–Kier alpha value is -2.47. The molecule has 0 saturated heterocycles. The van der Waals surface area contributed by atoms with E-state index in [4.69, 9.17) is 4.74 Å². The highest BCUT2D eigenvalue weighted by Crippen LogP contribution is 2.78. The number of carbonyl (C=O) groups is 3. The molecule has 0 aromatic heterocycles. The van der Waals surface area contributed by atoms with Crippen molar-refractivity contribution in [2.45, 2.75) is 51.0 Å². The van der Waals surface area contributed by atoms with Crippen molar-refractivity contribution in [1.29, 1.82) is 0 Å². The molecule has 1 aliphatic heterocycles. The molecule has 160 valence electrons. The first-order valence-electron chi connectivity index (χ1n) is 10.8. The maximum Gasteiger partial charge on any atom is 0.328 e. The second-order valence-electron chi connectivity index (χ2n) is 9.02. The number of halogens is 1. The molecule has 0 radical (unpaired) electrons. The Balaban J connectivity index is 1.59. The van der Waals surface area contributed by atoms with Gasteiger partial charge in [-0.2, -0.15) is 0 Å². The number of hydrogen-bond donors (Lipinski definition) is 1. The van der Waals surface area contributed by atoms with Crippen LogP contribution in [0, 0.1) is 10.8 Å². The van der Waals surface area contributed by atoms with Gasteiger partial charge in [0.05, 0.1) is 5.41 Å². The lowest BCUT2D eigenvalue weighted by atomic mass is 9.85. The fourth-order valence-corrected chi connectivity index (χ4v) is 5.97. The molecular formula is C25H24BrNO4. The number of carbonyl (C=O) groups excluding carboxylic acids is 3. The van der Waals surface area contributed by atoms with Gasteiger partial charge >= 0.3 is 5.97 Å². The third-order valence-corrected chi connectivity index (χ3v) is 7.91. The number of ether oxygens (including phenoxy) is 1. The topological polar surface area (TPSA) is 72.5 Å². The van der Waals surface area contributed by atoms with E-state index in [0.29, 0.717) is 11.3 Å². The van der Waals surface area contributed by atoms with Crippen molar-refractivity contribution in [2.75, 3.05) is 0 Å². The zero-order chi connectivity index (χ0) is 21.8. The Morgan fingerprint density at radius 2 is 1.71 bits per heavy atom. The van der Waals surface area contributed by atoms with Crippen LogP contribution in [0.4, 0.5) is 0 Å². The number of Topliss-reactive ketones (excluding diaryl/α,β-unsaturated/α-hetero) is 1. The summed E-state index contributed by atoms with van der Waals surface area (Å²) in [6, 6.07) is 14.3. The number of amides is 1. The highest BCUT2D eigenvalue weighted by Gasteiger charge is 2.88. The van der Waals surface area contributed by atoms with Crippen molar-refractivity contribution in [2.24, 2.45) is 10.8 Å². The van der Waals surface area contributed by atoms with Crippen LogP contribution in [0.5, 0.6) is 5.75 Å². The average molecular weight is 482 g/mol. The summed E-state index contributed by atoms with van der Waals surface area (Å²) in [7, 11) is 0. The van der Waals surface area contributed by atoms with Crippen LogP contribution in [0.25, 0.3) is 0 Å². The van der Waals surface area contributed by atoms with E-state index in [2.05, 4.69) is 21.2 Å². The van der Waals surface area contributed by atoms with E-state index >= 15 is 0 Å². The molecule has 1 heterocycles. The van der Waals surface area contributed by atoms with E-state index < -0.39 is 22.7 Å². The zero-order valence-electron chi connectivity index (χ0n) is 17.3. The highest BCUT2D eigenvalue weighted by atomic mass is 79.9. The van der Waals surface area contributed by atoms with Gasteiger partial charge in [0.15, 0.2) is 11.2 Å². The van der Waals surface area contributed by atoms with Gasteiger partial charge in [0, 0.05) is 27.6 Å². The Kier molecular flexibility index (Phi) is 4.81. The lowest BCUT2D eigenvalue weighted by Crippen LogP contribution is -2.49. The molecule has 6 heteroatoms. The molecule has 5 rings (SSSR count). The summed E-state index contributed by atoms with van der Waals surface area (Å²) in [5.41, 5.74) is -1.52. The number of ketones is 1. The molecule has 2 aromatic rings. The number of benzene rings is 2. The summed E-state index contributed by atoms with van der Waals surface area (Å²) in [5, 5.41) is 3.10. The Morgan fingerprint density at radius 1 is 1.03 bits per heavy atom. The molecule has 31 heavy (non-hydrogen) atoms. The van der Waals surface area contributed by atoms with E-state index in [0.717, 1.165) is 42.1 Å². The Morgan fingerprint density at radius 3 is 2.42 bits per heavy atom. The summed E-state index contributed by atoms with van der Waals surface area (Å²) in [5.74, 6) is -1.32. The van der Waals surface area contributed by atoms with Gasteiger partial charge in [-0.25, -0.2) is 0 Å². The monoisotopic (exact) mass is 481 g/mol. The van der Waals surface area contributed by atoms with Gasteiger partial charge in [-0.3, -0.25) is 14.4 Å². The summed E-state index contributed by atoms with van der Waals surface area (Å²) in [6.07, 6.45) is 5.08. The third kappa shape index (κ3) is 2.84. The normalized spacial score (nSPS) is 29.4. The van der Waals surface area contributed by atoms with Crippen LogP contribution in [0.2, 0.25) is 0 Å². The summed E-state index contributed by atoms with van der Waals surface area (Å²) in [4.78, 5) is 40.8. The SMILES string of the molecule is C[C@]1(C(=O)c2ccc(Br)cc2)[C@@H]2c3ccccc3OC(=O)[C@]21C(=O)NC1CCCCC1. The van der Waals surface area contributed by atoms with Crippen molar-refractivity contribution < 1.29 is 19.1 Å². The van der Waals surface area contributed by atoms with Gasteiger partial charge in [0.25, 0.3) is 0 Å². The zero-order valence-corrected chi connectivity index (χ0v) is 18.9. The van der Waals surface area contributed by atoms with Crippen LogP contribution in [-0.4, -0.2) is 23.7 Å². The summed E-state index contributed by atoms with van der Waals surface area (Å²) < 4.78 is 6.50. The summed E-state index contributed by atoms with van der Waals surface area (Å²) in [6.45, 7) is 1.74. The molecule has 2 saturated carbocycles. The smallest absolute Gasteiger partial charge is 0.328 e. The lowest BCUT2D eigenvalue weighted by Gasteiger charge is -2.28. The molecule has 0 bridgehead atoms. The van der Waals surface area contributed by atoms with Crippen molar-refractivity contribution >= 4 is 33.6 Å². The molecule has 0 spiro atoms. The van der Waals surface area contributed by atoms with Gasteiger partial charge in [-0.15, -0.1) is 0 Å². The molecule has 3 atom stereocenters. The second-order valence-corrected chi connectivity index (χ2v) is 9.93. The van der Waals surface area contributed by atoms with Crippen LogP contribution in [0.15, 0.2) is 53.0 Å². The van der Waals surface area contributed by atoms with E-state index in [1.54, 1.807) is 43.3 Å². The maximum absolute atomic E-state index is 13.8. The molecule has 2 aromatic carbocycles. The lowest BCUT2D eigenvalue weighted by molar-refractivity contribution is -0.149. The van der Waals surface area contributed by atoms with E-state index in [9.17, 15) is 14.4 Å². The van der Waals surface area contributed by atoms with Crippen LogP contribution in [0.1, 0.15) is 60.9 Å². The molecule has 1 amide bonds. The van der Waals surface area contributed by atoms with Crippen LogP contribution in [-0.2, 0) is 9.59 Å². The first-order chi connectivity index (χ1) is 14.9. The second kappa shape index (κ2) is 7.30. The first-order valence-corrected chi connectivity index (χ1v) is 11.6. The van der Waals surface area contributed by atoms with Crippen LogP contribution in [0.3, 0.4) is 0 Å². The minimum Gasteiger partial charge on any atom is -0.425 e. The van der Waals surface area contributed by atoms with Crippen LogP contribution >= 0.6 is 15.9 Å². The minimum atomic E-state index is -1.54. The van der Waals surface area contributed by atoms with E-state index in [1.165, 1.54) is 0 Å². The van der Waals surface area contributed by atoms with Gasteiger partial charge in [0.2, 0.25) is 5.91 Å². The van der Waals surface area contributed by atoms with Gasteiger partial charge < -0.3 is 10.1 Å². The standard InChI is InChI=1S/C25H24BrNO4/c1-24(21(28)15-11-13-16(26)14-12-15)20-18-9-5-6-10-19(18)31-23(30)25(20,24)22(29)27-17-7-3-2-4-8-17/h5-6,9-14,17,20H,2-4,7-8H2,1H3,(H,27,29)/t20-,24+,25+/m0/s1. The molecule has 5 nitrogen and oxygen atoms in total. The Bertz CT molecular complexity index is 1080. The molecule has 1 N–H and O–H groups in total. The molecule has 0 unspecified atom stereocenters. The largest absolute Gasteiger partial charge is 0.425 e. The number of hydrogen-bond acceptors (Lipinski definition) is 4. The quantitative estimate of drug-likeness (QED) is 0.295. The van der Waals surface area contributed by atoms with Gasteiger partial charge in [0.1, 0.15) is 5.75 Å². The summed E-state index contributed by atoms with van der Waals surface area (Å²) >= 11 is 3.39. The minimum absolute atomic E-state index is 0.0360. The van der Waals surface area contributed by atoms with Gasteiger partial charge in [-0.1, -0.05) is 65.5 Å². The van der Waals surface area contributed by atoms with Crippen LogP contribution < -0.4 is 10.1 Å². The maximum atomic E-state index is 13.8. The first kappa shape index (κ1) is 20.4. The number of nitrogens with one attached hydrogen (secondary N) is 1. The molecule has 2 aliphatic carbocycles. The average Bonchev–Trinajstić information content (AvgIpc) is 3.38. The molecule has 2 fully saturated rings. The Labute approximate surface area is 189 Å². The fourth-order valence-electron chi connectivity index (χ4n) is 5.70. The number of rotatable bonds is 4. The van der Waals surface area contributed by atoms with E-state index in [1.807, 2.05) is 12.1 Å².